The average Bonchev–Trinajstić information content (AvgIpc) is 1.88. The van der Waals surface area contributed by atoms with Crippen LogP contribution in [0.25, 0.3) is 0 Å². The van der Waals surface area contributed by atoms with Crippen molar-refractivity contribution in [3.05, 3.63) is 9.89 Å². The van der Waals surface area contributed by atoms with E-state index >= 15 is 0 Å². The van der Waals surface area contributed by atoms with Crippen LogP contribution < -0.4 is 0 Å². The van der Waals surface area contributed by atoms with Gasteiger partial charge in [0.1, 0.15) is 5.40 Å². The van der Waals surface area contributed by atoms with E-state index in [1.807, 2.05) is 0 Å². The lowest BCUT2D eigenvalue weighted by molar-refractivity contribution is -0.134. The number of hydrogen-bond donors (Lipinski definition) is 0. The molecule has 0 aromatic rings. The third kappa shape index (κ3) is 4.41. The molecule has 3 nitrogen and oxygen atoms in total. The van der Waals surface area contributed by atoms with Gasteiger partial charge in [-0.05, 0) is 27.7 Å². The third-order valence-electron chi connectivity index (χ3n) is 0.576. The van der Waals surface area contributed by atoms with Gasteiger partial charge in [-0.1, -0.05) is 0 Å². The zero-order valence-electron chi connectivity index (χ0n) is 5.13. The quantitative estimate of drug-likeness (QED) is 0.404. The summed E-state index contributed by atoms with van der Waals surface area (Å²) in [4.78, 5) is 10.4. The normalized spacial score (nSPS) is 10.3. The maximum absolute atomic E-state index is 10.4. The van der Waals surface area contributed by atoms with Gasteiger partial charge in [0.25, 0.3) is 0 Å². The molecule has 0 rings (SSSR count). The van der Waals surface area contributed by atoms with Crippen molar-refractivity contribution in [2.45, 2.75) is 0 Å². The highest BCUT2D eigenvalue weighted by molar-refractivity contribution is 9.14. The molecule has 0 saturated heterocycles. The number of thioether (sulfide) groups is 1. The van der Waals surface area contributed by atoms with E-state index in [0.717, 1.165) is 11.8 Å². The molecule has 0 unspecified atom stereocenters. The highest BCUT2D eigenvalue weighted by Crippen LogP contribution is 2.20. The van der Waals surface area contributed by atoms with Gasteiger partial charge < -0.3 is 4.74 Å². The summed E-state index contributed by atoms with van der Waals surface area (Å²) in [6.07, 6.45) is 1.19. The smallest absolute Gasteiger partial charge is 0.332 e. The fourth-order valence-corrected chi connectivity index (χ4v) is 0.871. The molecular weight excluding hydrogens is 218 g/mol. The van der Waals surface area contributed by atoms with E-state index < -0.39 is 5.97 Å². The number of nitriles is 1. The minimum absolute atomic E-state index is 0.446. The number of carbonyl (C=O) groups excluding carboxylic acids is 1. The van der Waals surface area contributed by atoms with Crippen LogP contribution in [0, 0.1) is 10.7 Å². The Kier molecular flexibility index (Phi) is 5.08. The van der Waals surface area contributed by atoms with E-state index in [0.29, 0.717) is 3.81 Å². The lowest BCUT2D eigenvalue weighted by Crippen LogP contribution is -1.93. The summed E-state index contributed by atoms with van der Waals surface area (Å²) in [5, 5.41) is 9.90. The van der Waals surface area contributed by atoms with Crippen LogP contribution in [-0.2, 0) is 9.53 Å². The van der Waals surface area contributed by atoms with E-state index in [1.54, 1.807) is 5.40 Å². The number of carbonyl (C=O) groups is 1. The molecule has 0 aromatic carbocycles. The number of nitrogens with zero attached hydrogens (tertiary/aromatic N) is 1. The van der Waals surface area contributed by atoms with Gasteiger partial charge in [0.05, 0.1) is 10.9 Å². The molecule has 0 radical (unpaired) electrons. The Morgan fingerprint density at radius 1 is 1.90 bits per heavy atom. The Hall–Kier alpha value is -0.470. The van der Waals surface area contributed by atoms with E-state index in [-0.39, 0.29) is 0 Å². The molecule has 5 heteroatoms. The second-order valence-electron chi connectivity index (χ2n) is 1.16. The summed E-state index contributed by atoms with van der Waals surface area (Å²) in [7, 11) is 1.27. The zero-order valence-corrected chi connectivity index (χ0v) is 7.53. The molecule has 0 aromatic heterocycles. The summed E-state index contributed by atoms with van der Waals surface area (Å²) >= 11 is 3.84. The Balaban J connectivity index is 3.92. The van der Waals surface area contributed by atoms with Crippen molar-refractivity contribution in [2.24, 2.45) is 0 Å². The van der Waals surface area contributed by atoms with Crippen LogP contribution in [0.1, 0.15) is 0 Å². The standard InChI is InChI=1S/C5H4BrNO2S/c1-9-5(8)2-4(6)10-3-7/h2H,1H3/b4-2-. The van der Waals surface area contributed by atoms with Crippen molar-refractivity contribution >= 4 is 33.7 Å². The minimum atomic E-state index is -0.477. The van der Waals surface area contributed by atoms with E-state index in [4.69, 9.17) is 5.26 Å². The summed E-state index contributed by atoms with van der Waals surface area (Å²) in [5.41, 5.74) is 0. The molecule has 0 atom stereocenters. The number of hydrogen-bond acceptors (Lipinski definition) is 4. The average molecular weight is 222 g/mol. The molecule has 0 amide bonds. The number of thiocyanates is 1. The Labute approximate surface area is 71.2 Å². The largest absolute Gasteiger partial charge is 0.466 e. The first-order valence-electron chi connectivity index (χ1n) is 2.21. The number of halogens is 1. The summed E-state index contributed by atoms with van der Waals surface area (Å²) in [5.74, 6) is -0.477. The van der Waals surface area contributed by atoms with E-state index in [9.17, 15) is 4.79 Å². The Morgan fingerprint density at radius 3 is 2.90 bits per heavy atom. The van der Waals surface area contributed by atoms with Crippen molar-refractivity contribution in [3.63, 3.8) is 0 Å². The monoisotopic (exact) mass is 221 g/mol. The number of rotatable bonds is 2. The molecule has 0 saturated carbocycles. The summed E-state index contributed by atoms with van der Waals surface area (Å²) < 4.78 is 4.75. The van der Waals surface area contributed by atoms with Crippen LogP contribution in [0.15, 0.2) is 9.89 Å². The number of esters is 1. The molecule has 0 spiro atoms. The SMILES string of the molecule is COC(=O)/C=C(/Br)SC#N. The molecule has 0 bridgehead atoms. The van der Waals surface area contributed by atoms with Crippen LogP contribution in [0.3, 0.4) is 0 Å². The number of ether oxygens (including phenoxy) is 1. The fourth-order valence-electron chi connectivity index (χ4n) is 0.225. The van der Waals surface area contributed by atoms with Crippen LogP contribution in [0.2, 0.25) is 0 Å². The lowest BCUT2D eigenvalue weighted by Gasteiger charge is -1.89. The predicted octanol–water partition coefficient (Wildman–Crippen LogP) is 1.61. The molecule has 0 aliphatic heterocycles. The number of methoxy groups -OCH3 is 1. The molecule has 0 heterocycles. The van der Waals surface area contributed by atoms with E-state index in [2.05, 4.69) is 20.7 Å². The van der Waals surface area contributed by atoms with Crippen LogP contribution in [-0.4, -0.2) is 13.1 Å². The molecule has 0 fully saturated rings. The van der Waals surface area contributed by atoms with Crippen molar-refractivity contribution in [3.8, 4) is 5.40 Å². The van der Waals surface area contributed by atoms with Crippen molar-refractivity contribution in [1.82, 2.24) is 0 Å². The van der Waals surface area contributed by atoms with Crippen LogP contribution >= 0.6 is 27.7 Å². The summed E-state index contributed by atoms with van der Waals surface area (Å²) in [6, 6.07) is 0. The Bertz CT molecular complexity index is 196. The van der Waals surface area contributed by atoms with Gasteiger partial charge in [0, 0.05) is 6.08 Å². The van der Waals surface area contributed by atoms with Gasteiger partial charge in [-0.25, -0.2) is 4.79 Å². The molecule has 0 N–H and O–H groups in total. The van der Waals surface area contributed by atoms with Crippen molar-refractivity contribution in [2.75, 3.05) is 7.11 Å². The second kappa shape index (κ2) is 5.33. The van der Waals surface area contributed by atoms with Gasteiger partial charge in [0.15, 0.2) is 0 Å². The first-order chi connectivity index (χ1) is 4.70. The van der Waals surface area contributed by atoms with Gasteiger partial charge in [0.2, 0.25) is 0 Å². The molecule has 0 aliphatic rings. The topological polar surface area (TPSA) is 50.1 Å². The van der Waals surface area contributed by atoms with Gasteiger partial charge in [-0.2, -0.15) is 5.26 Å². The van der Waals surface area contributed by atoms with Gasteiger partial charge >= 0.3 is 5.97 Å². The molecule has 0 aliphatic carbocycles. The predicted molar refractivity (Wildman–Crippen MR) is 42.2 cm³/mol. The zero-order chi connectivity index (χ0) is 7.98. The lowest BCUT2D eigenvalue weighted by atomic mass is 10.7. The molecule has 54 valence electrons. The highest BCUT2D eigenvalue weighted by Gasteiger charge is 1.96. The minimum Gasteiger partial charge on any atom is -0.466 e. The first kappa shape index (κ1) is 9.53. The summed E-state index contributed by atoms with van der Waals surface area (Å²) in [6.45, 7) is 0. The maximum Gasteiger partial charge on any atom is 0.332 e. The van der Waals surface area contributed by atoms with Crippen LogP contribution in [0.5, 0.6) is 0 Å². The third-order valence-corrected chi connectivity index (χ3v) is 1.69. The maximum atomic E-state index is 10.4. The highest BCUT2D eigenvalue weighted by atomic mass is 79.9. The second-order valence-corrected chi connectivity index (χ2v) is 3.37. The Morgan fingerprint density at radius 2 is 2.50 bits per heavy atom. The van der Waals surface area contributed by atoms with Gasteiger partial charge in [-0.15, -0.1) is 0 Å². The molecule has 10 heavy (non-hydrogen) atoms. The van der Waals surface area contributed by atoms with Crippen molar-refractivity contribution < 1.29 is 9.53 Å². The first-order valence-corrected chi connectivity index (χ1v) is 3.82. The molecular formula is C5H4BrNO2S. The van der Waals surface area contributed by atoms with Gasteiger partial charge in [-0.3, -0.25) is 0 Å². The van der Waals surface area contributed by atoms with Crippen LogP contribution in [0.4, 0.5) is 0 Å². The van der Waals surface area contributed by atoms with E-state index in [1.165, 1.54) is 13.2 Å². The van der Waals surface area contributed by atoms with Crippen molar-refractivity contribution in [1.29, 1.82) is 5.26 Å². The fraction of sp³-hybridized carbons (Fsp3) is 0.200.